The molecule has 4 amide bonds. The van der Waals surface area contributed by atoms with Crippen molar-refractivity contribution in [3.63, 3.8) is 0 Å². The van der Waals surface area contributed by atoms with Crippen molar-refractivity contribution in [3.05, 3.63) is 0 Å². The van der Waals surface area contributed by atoms with Crippen LogP contribution in [0.3, 0.4) is 0 Å². The van der Waals surface area contributed by atoms with Crippen LogP contribution >= 0.6 is 0 Å². The maximum Gasteiger partial charge on any atom is 0.329 e. The van der Waals surface area contributed by atoms with Crippen LogP contribution in [0.5, 0.6) is 0 Å². The van der Waals surface area contributed by atoms with Crippen LogP contribution in [-0.4, -0.2) is 96.1 Å². The van der Waals surface area contributed by atoms with Crippen molar-refractivity contribution >= 4 is 47.5 Å². The van der Waals surface area contributed by atoms with E-state index in [1.54, 1.807) is 111 Å². The Morgan fingerprint density at radius 1 is 0.286 bits per heavy atom. The Morgan fingerprint density at radius 2 is 0.429 bits per heavy atom. The first-order valence-corrected chi connectivity index (χ1v) is 19.8. The first kappa shape index (κ1) is 49.8. The number of amides is 4. The van der Waals surface area contributed by atoms with Crippen LogP contribution in [0.1, 0.15) is 111 Å². The molecule has 0 aromatic rings. The molecule has 0 spiro atoms. The summed E-state index contributed by atoms with van der Waals surface area (Å²) in [6.07, 6.45) is -5.64. The molecule has 0 saturated carbocycles. The summed E-state index contributed by atoms with van der Waals surface area (Å²) in [5, 5.41) is 10.4. The van der Waals surface area contributed by atoms with Gasteiger partial charge in [-0.3, -0.25) is 19.2 Å². The molecule has 1 fully saturated rings. The number of carbonyl (C=O) groups excluding carboxylic acids is 8. The van der Waals surface area contributed by atoms with Gasteiger partial charge in [0.05, 0.1) is 0 Å². The number of cyclic esters (lactones) is 4. The van der Waals surface area contributed by atoms with Gasteiger partial charge in [0.25, 0.3) is 23.6 Å². The van der Waals surface area contributed by atoms with Crippen LogP contribution in [0.15, 0.2) is 0 Å². The van der Waals surface area contributed by atoms with Crippen molar-refractivity contribution in [2.45, 2.75) is 159 Å². The van der Waals surface area contributed by atoms with Crippen LogP contribution in [0.4, 0.5) is 0 Å². The van der Waals surface area contributed by atoms with Gasteiger partial charge in [-0.2, -0.15) is 0 Å². The minimum Gasteiger partial charge on any atom is -0.450 e. The van der Waals surface area contributed by atoms with Gasteiger partial charge in [0, 0.05) is 0 Å². The molecule has 1 saturated heterocycles. The van der Waals surface area contributed by atoms with Gasteiger partial charge in [-0.15, -0.1) is 0 Å². The third kappa shape index (κ3) is 14.1. The normalized spacial score (nSPS) is 27.9. The summed E-state index contributed by atoms with van der Waals surface area (Å²) < 4.78 is 22.8. The van der Waals surface area contributed by atoms with Gasteiger partial charge in [0.15, 0.2) is 24.4 Å². The Morgan fingerprint density at radius 3 is 0.536 bits per heavy atom. The summed E-state index contributed by atoms with van der Waals surface area (Å²) in [5.41, 5.74) is 0. The average molecular weight is 797 g/mol. The monoisotopic (exact) mass is 796 g/mol. The van der Waals surface area contributed by atoms with Crippen LogP contribution in [-0.2, 0) is 57.3 Å². The highest BCUT2D eigenvalue weighted by molar-refractivity contribution is 5.94. The van der Waals surface area contributed by atoms with Crippen molar-refractivity contribution in [2.75, 3.05) is 0 Å². The van der Waals surface area contributed by atoms with E-state index in [4.69, 9.17) is 18.9 Å². The van der Waals surface area contributed by atoms with E-state index >= 15 is 0 Å². The van der Waals surface area contributed by atoms with Crippen molar-refractivity contribution in [1.82, 2.24) is 21.3 Å². The molecule has 0 bridgehead atoms. The lowest BCUT2D eigenvalue weighted by atomic mass is 9.99. The fraction of sp³-hybridized carbons (Fsp3) is 0.800. The molecule has 1 aliphatic rings. The van der Waals surface area contributed by atoms with Gasteiger partial charge < -0.3 is 40.2 Å². The van der Waals surface area contributed by atoms with Crippen molar-refractivity contribution in [2.24, 2.45) is 47.3 Å². The maximum absolute atomic E-state index is 13.7. The lowest BCUT2D eigenvalue weighted by Crippen LogP contribution is -2.57. The van der Waals surface area contributed by atoms with Crippen molar-refractivity contribution in [1.29, 1.82) is 0 Å². The highest BCUT2D eigenvalue weighted by Gasteiger charge is 2.41. The summed E-state index contributed by atoms with van der Waals surface area (Å²) in [7, 11) is 0. The summed E-state index contributed by atoms with van der Waals surface area (Å²) >= 11 is 0. The second-order valence-electron chi connectivity index (χ2n) is 17.3. The maximum atomic E-state index is 13.7. The second-order valence-corrected chi connectivity index (χ2v) is 17.3. The van der Waals surface area contributed by atoms with Crippen LogP contribution < -0.4 is 21.3 Å². The van der Waals surface area contributed by atoms with Crippen LogP contribution in [0.2, 0.25) is 0 Å². The molecule has 1 aliphatic heterocycles. The Balaban J connectivity index is 3.87. The summed E-state index contributed by atoms with van der Waals surface area (Å²) in [5.74, 6) is -11.5. The Labute approximate surface area is 332 Å². The Kier molecular flexibility index (Phi) is 19.5. The SMILES string of the molecule is CC(C)C1NC(=O)C(C(C)C)OC(=O)C(C(C)C)NC(=O)C(C(C)C)OC(=O)C(C(C)C)NC(=O)C(C(C)C)OC(=O)C(C(C)C)NC(=O)C(C(C)C)OC1=O. The van der Waals surface area contributed by atoms with Crippen molar-refractivity contribution in [3.8, 4) is 0 Å². The van der Waals surface area contributed by atoms with E-state index in [-0.39, 0.29) is 0 Å². The second kappa shape index (κ2) is 21.9. The van der Waals surface area contributed by atoms with Gasteiger partial charge in [0.1, 0.15) is 24.2 Å². The fourth-order valence-corrected chi connectivity index (χ4v) is 5.70. The first-order chi connectivity index (χ1) is 25.7. The van der Waals surface area contributed by atoms with Gasteiger partial charge in [-0.25, -0.2) is 19.2 Å². The topological polar surface area (TPSA) is 222 Å². The molecule has 1 rings (SSSR count). The first-order valence-electron chi connectivity index (χ1n) is 19.8. The quantitative estimate of drug-likeness (QED) is 0.206. The predicted octanol–water partition coefficient (Wildman–Crippen LogP) is 2.83. The summed E-state index contributed by atoms with van der Waals surface area (Å²) in [4.78, 5) is 109. The third-order valence-corrected chi connectivity index (χ3v) is 9.30. The standard InChI is InChI=1S/C40H68N4O12/c1-17(2)25-37(49)53-30(22(11)12)34(46)42-27(19(5)6)39(51)55-32(24(15)16)36(48)44-28(20(7)8)40(52)56-31(23(13)14)35(47)43-26(18(3)4)38(50)54-29(21(9)10)33(45)41-25/h17-32H,1-16H3,(H,41,45)(H,42,46)(H,43,47)(H,44,48). The highest BCUT2D eigenvalue weighted by atomic mass is 16.6. The molecule has 4 N–H and O–H groups in total. The smallest absolute Gasteiger partial charge is 0.329 e. The molecule has 0 aromatic carbocycles. The minimum atomic E-state index is -1.41. The lowest BCUT2D eigenvalue weighted by Gasteiger charge is -2.32. The molecule has 8 atom stereocenters. The zero-order valence-corrected chi connectivity index (χ0v) is 36.1. The van der Waals surface area contributed by atoms with Gasteiger partial charge in [0.2, 0.25) is 0 Å². The number of hydrogen-bond donors (Lipinski definition) is 4. The minimum absolute atomic E-state index is 0.546. The van der Waals surface area contributed by atoms with E-state index in [0.717, 1.165) is 0 Å². The largest absolute Gasteiger partial charge is 0.450 e. The molecule has 8 unspecified atom stereocenters. The molecular weight excluding hydrogens is 728 g/mol. The molecule has 0 radical (unpaired) electrons. The van der Waals surface area contributed by atoms with Crippen molar-refractivity contribution < 1.29 is 57.3 Å². The molecule has 0 aliphatic carbocycles. The Hall–Kier alpha value is -4.24. The summed E-state index contributed by atoms with van der Waals surface area (Å²) in [6.45, 7) is 26.3. The number of nitrogens with one attached hydrogen (secondary N) is 4. The number of esters is 4. The van der Waals surface area contributed by atoms with E-state index in [0.29, 0.717) is 0 Å². The zero-order valence-electron chi connectivity index (χ0n) is 36.1. The number of ether oxygens (including phenoxy) is 4. The molecule has 16 nitrogen and oxygen atoms in total. The highest BCUT2D eigenvalue weighted by Crippen LogP contribution is 2.20. The van der Waals surface area contributed by atoms with E-state index in [2.05, 4.69) is 21.3 Å². The fourth-order valence-electron chi connectivity index (χ4n) is 5.70. The molecule has 0 aromatic heterocycles. The summed E-state index contributed by atoms with van der Waals surface area (Å²) in [6, 6.07) is -5.13. The molecule has 56 heavy (non-hydrogen) atoms. The molecule has 16 heteroatoms. The predicted molar refractivity (Wildman–Crippen MR) is 206 cm³/mol. The number of hydrogen-bond acceptors (Lipinski definition) is 12. The van der Waals surface area contributed by atoms with Gasteiger partial charge in [-0.05, 0) is 47.3 Å². The lowest BCUT2D eigenvalue weighted by molar-refractivity contribution is -0.169. The zero-order chi connectivity index (χ0) is 43.5. The number of rotatable bonds is 8. The van der Waals surface area contributed by atoms with Crippen LogP contribution in [0.25, 0.3) is 0 Å². The van der Waals surface area contributed by atoms with E-state index in [1.165, 1.54) is 0 Å². The Bertz CT molecular complexity index is 1100. The average Bonchev–Trinajstić information content (AvgIpc) is 3.07. The van der Waals surface area contributed by atoms with Crippen LogP contribution in [0, 0.1) is 47.3 Å². The molecule has 320 valence electrons. The molecular formula is C40H68N4O12. The third-order valence-electron chi connectivity index (χ3n) is 9.30. The van der Waals surface area contributed by atoms with Gasteiger partial charge in [-0.1, -0.05) is 111 Å². The van der Waals surface area contributed by atoms with E-state index in [1.807, 2.05) is 0 Å². The van der Waals surface area contributed by atoms with E-state index < -0.39 is 143 Å². The van der Waals surface area contributed by atoms with Gasteiger partial charge >= 0.3 is 23.9 Å². The number of carbonyl (C=O) groups is 8. The molecule has 1 heterocycles. The van der Waals surface area contributed by atoms with E-state index in [9.17, 15) is 38.4 Å².